The fourth-order valence-electron chi connectivity index (χ4n) is 4.59. The van der Waals surface area contributed by atoms with Gasteiger partial charge in [-0.2, -0.15) is 4.68 Å². The standard InChI is InChI=1S/C28H27ClFN7O/c29-21-7-10-27(37-18-33-35-36-37)20(15-21)6-11-28(38)34-24-5-3-1-2-4-13-31-25-17-22(30)8-9-23(25)19-12-14-32-26(24)16-19/h6-12,14-18,24,31H,1-5,13H2,(H,34,38). The van der Waals surface area contributed by atoms with Gasteiger partial charge < -0.3 is 10.6 Å². The molecule has 5 rings (SSSR count). The molecule has 4 aromatic rings. The molecule has 8 nitrogen and oxygen atoms in total. The predicted octanol–water partition coefficient (Wildman–Crippen LogP) is 5.76. The van der Waals surface area contributed by atoms with E-state index in [2.05, 4.69) is 31.1 Å². The molecule has 1 atom stereocenters. The van der Waals surface area contributed by atoms with Crippen molar-refractivity contribution in [2.45, 2.75) is 38.1 Å². The molecule has 0 aliphatic carbocycles. The van der Waals surface area contributed by atoms with Crippen molar-refractivity contribution >= 4 is 29.3 Å². The Morgan fingerprint density at radius 2 is 2.00 bits per heavy atom. The van der Waals surface area contributed by atoms with E-state index in [1.165, 1.54) is 29.2 Å². The molecular weight excluding hydrogens is 505 g/mol. The van der Waals surface area contributed by atoms with Crippen molar-refractivity contribution in [3.63, 3.8) is 0 Å². The van der Waals surface area contributed by atoms with E-state index in [0.29, 0.717) is 16.3 Å². The normalized spacial score (nSPS) is 16.0. The molecule has 0 spiro atoms. The number of hydrogen-bond donors (Lipinski definition) is 2. The van der Waals surface area contributed by atoms with Gasteiger partial charge in [0, 0.05) is 40.7 Å². The van der Waals surface area contributed by atoms with Crippen LogP contribution in [0, 0.1) is 5.82 Å². The van der Waals surface area contributed by atoms with Gasteiger partial charge in [-0.15, -0.1) is 5.10 Å². The number of pyridine rings is 1. The number of fused-ring (bicyclic) bond motifs is 4. The molecule has 2 N–H and O–H groups in total. The molecule has 0 radical (unpaired) electrons. The largest absolute Gasteiger partial charge is 0.384 e. The van der Waals surface area contributed by atoms with Crippen LogP contribution in [0.1, 0.15) is 49.4 Å². The summed E-state index contributed by atoms with van der Waals surface area (Å²) < 4.78 is 15.5. The predicted molar refractivity (Wildman–Crippen MR) is 145 cm³/mol. The Morgan fingerprint density at radius 3 is 2.87 bits per heavy atom. The van der Waals surface area contributed by atoms with Crippen LogP contribution < -0.4 is 10.6 Å². The van der Waals surface area contributed by atoms with Crippen molar-refractivity contribution in [2.24, 2.45) is 0 Å². The molecule has 1 aliphatic heterocycles. The third-order valence-electron chi connectivity index (χ3n) is 6.48. The highest BCUT2D eigenvalue weighted by Crippen LogP contribution is 2.31. The van der Waals surface area contributed by atoms with Gasteiger partial charge in [0.05, 0.1) is 17.4 Å². The van der Waals surface area contributed by atoms with Gasteiger partial charge in [-0.05, 0) is 83.4 Å². The molecule has 2 aromatic heterocycles. The minimum atomic E-state index is -0.283. The first kappa shape index (κ1) is 25.5. The van der Waals surface area contributed by atoms with E-state index < -0.39 is 0 Å². The summed E-state index contributed by atoms with van der Waals surface area (Å²) in [5, 5.41) is 18.3. The average Bonchev–Trinajstić information content (AvgIpc) is 3.45. The Morgan fingerprint density at radius 1 is 1.11 bits per heavy atom. The summed E-state index contributed by atoms with van der Waals surface area (Å²) in [6.07, 6.45) is 11.1. The molecule has 3 heterocycles. The van der Waals surface area contributed by atoms with E-state index in [9.17, 15) is 9.18 Å². The molecule has 0 fully saturated rings. The lowest BCUT2D eigenvalue weighted by atomic mass is 9.99. The fraction of sp³-hybridized carbons (Fsp3) is 0.250. The summed E-state index contributed by atoms with van der Waals surface area (Å²) in [4.78, 5) is 17.7. The van der Waals surface area contributed by atoms with Crippen molar-refractivity contribution < 1.29 is 9.18 Å². The first-order valence-electron chi connectivity index (χ1n) is 12.6. The minimum Gasteiger partial charge on any atom is -0.384 e. The van der Waals surface area contributed by atoms with Gasteiger partial charge in [0.15, 0.2) is 0 Å². The van der Waals surface area contributed by atoms with Gasteiger partial charge in [0.2, 0.25) is 5.91 Å². The SMILES string of the molecule is O=C(C=Cc1cc(Cl)ccc1-n1cnnn1)NC1CCCCCCNc2cc(F)ccc2-c2ccnc1c2. The zero-order valence-electron chi connectivity index (χ0n) is 20.6. The molecule has 2 bridgehead atoms. The Kier molecular flexibility index (Phi) is 8.04. The molecule has 1 amide bonds. The first-order chi connectivity index (χ1) is 18.6. The van der Waals surface area contributed by atoms with Gasteiger partial charge >= 0.3 is 0 Å². The van der Waals surface area contributed by atoms with E-state index in [4.69, 9.17) is 11.6 Å². The Hall–Kier alpha value is -4.11. The third kappa shape index (κ3) is 6.23. The van der Waals surface area contributed by atoms with E-state index in [0.717, 1.165) is 61.2 Å². The maximum absolute atomic E-state index is 14.0. The lowest BCUT2D eigenvalue weighted by molar-refractivity contribution is -0.117. The second kappa shape index (κ2) is 12.0. The van der Waals surface area contributed by atoms with Gasteiger partial charge in [-0.25, -0.2) is 4.39 Å². The second-order valence-electron chi connectivity index (χ2n) is 9.14. The van der Waals surface area contributed by atoms with E-state index >= 15 is 0 Å². The summed E-state index contributed by atoms with van der Waals surface area (Å²) in [7, 11) is 0. The molecule has 194 valence electrons. The lowest BCUT2D eigenvalue weighted by Crippen LogP contribution is -2.27. The highest BCUT2D eigenvalue weighted by Gasteiger charge is 2.17. The number of aromatic nitrogens is 5. The van der Waals surface area contributed by atoms with Crippen molar-refractivity contribution in [3.05, 3.63) is 89.2 Å². The number of anilines is 1. The van der Waals surface area contributed by atoms with Crippen molar-refractivity contribution in [1.82, 2.24) is 30.5 Å². The number of nitrogens with one attached hydrogen (secondary N) is 2. The van der Waals surface area contributed by atoms with Gasteiger partial charge in [0.25, 0.3) is 0 Å². The van der Waals surface area contributed by atoms with E-state index in [1.807, 2.05) is 12.1 Å². The molecule has 10 heteroatoms. The van der Waals surface area contributed by atoms with Crippen molar-refractivity contribution in [3.8, 4) is 16.8 Å². The molecule has 1 unspecified atom stereocenters. The molecule has 0 saturated carbocycles. The fourth-order valence-corrected chi connectivity index (χ4v) is 4.77. The van der Waals surface area contributed by atoms with Crippen LogP contribution in [0.5, 0.6) is 0 Å². The van der Waals surface area contributed by atoms with Crippen LogP contribution >= 0.6 is 11.6 Å². The molecule has 2 aromatic carbocycles. The number of amides is 1. The Balaban J connectivity index is 1.40. The summed E-state index contributed by atoms with van der Waals surface area (Å²) in [5.41, 5.74) is 4.72. The zero-order valence-corrected chi connectivity index (χ0v) is 21.4. The topological polar surface area (TPSA) is 97.6 Å². The summed E-state index contributed by atoms with van der Waals surface area (Å²) in [6.45, 7) is 0.773. The number of tetrazole rings is 1. The average molecular weight is 532 g/mol. The number of hydrogen-bond acceptors (Lipinski definition) is 6. The summed E-state index contributed by atoms with van der Waals surface area (Å²) >= 11 is 6.20. The summed E-state index contributed by atoms with van der Waals surface area (Å²) in [6, 6.07) is 13.6. The van der Waals surface area contributed by atoms with Crippen molar-refractivity contribution in [1.29, 1.82) is 0 Å². The number of rotatable bonds is 4. The number of carbonyl (C=O) groups excluding carboxylic acids is 1. The lowest BCUT2D eigenvalue weighted by Gasteiger charge is -2.19. The number of nitrogens with zero attached hydrogens (tertiary/aromatic N) is 5. The monoisotopic (exact) mass is 531 g/mol. The molecular formula is C28H27ClFN7O. The zero-order chi connectivity index (χ0) is 26.3. The van der Waals surface area contributed by atoms with Crippen LogP contribution in [0.3, 0.4) is 0 Å². The molecule has 1 aliphatic rings. The molecule has 0 saturated heterocycles. The highest BCUT2D eigenvalue weighted by molar-refractivity contribution is 6.30. The highest BCUT2D eigenvalue weighted by atomic mass is 35.5. The second-order valence-corrected chi connectivity index (χ2v) is 9.58. The van der Waals surface area contributed by atoms with Crippen LogP contribution in [0.2, 0.25) is 5.02 Å². The quantitative estimate of drug-likeness (QED) is 0.325. The van der Waals surface area contributed by atoms with Crippen LogP contribution in [0.15, 0.2) is 67.1 Å². The number of halogens is 2. The van der Waals surface area contributed by atoms with Gasteiger partial charge in [-0.1, -0.05) is 30.9 Å². The first-order valence-corrected chi connectivity index (χ1v) is 13.0. The van der Waals surface area contributed by atoms with Crippen LogP contribution in [-0.4, -0.2) is 37.6 Å². The van der Waals surface area contributed by atoms with Gasteiger partial charge in [0.1, 0.15) is 12.1 Å². The maximum atomic E-state index is 14.0. The van der Waals surface area contributed by atoms with Crippen LogP contribution in [-0.2, 0) is 4.79 Å². The minimum absolute atomic E-state index is 0.252. The number of carbonyl (C=O) groups is 1. The van der Waals surface area contributed by atoms with Crippen molar-refractivity contribution in [2.75, 3.05) is 11.9 Å². The smallest absolute Gasteiger partial charge is 0.244 e. The maximum Gasteiger partial charge on any atom is 0.244 e. The van der Waals surface area contributed by atoms with E-state index in [-0.39, 0.29) is 17.8 Å². The van der Waals surface area contributed by atoms with E-state index in [1.54, 1.807) is 36.5 Å². The Bertz CT molecular complexity index is 1440. The summed E-state index contributed by atoms with van der Waals surface area (Å²) in [5.74, 6) is -0.534. The van der Waals surface area contributed by atoms with Gasteiger partial charge in [-0.3, -0.25) is 9.78 Å². The number of benzene rings is 2. The Labute approximate surface area is 224 Å². The van der Waals surface area contributed by atoms with Crippen LogP contribution in [0.25, 0.3) is 22.9 Å². The third-order valence-corrected chi connectivity index (χ3v) is 6.72. The van der Waals surface area contributed by atoms with Crippen LogP contribution in [0.4, 0.5) is 10.1 Å². The molecule has 38 heavy (non-hydrogen) atoms.